The van der Waals surface area contributed by atoms with Crippen LogP contribution in [0.2, 0.25) is 0 Å². The van der Waals surface area contributed by atoms with E-state index in [1.165, 1.54) is 6.33 Å². The van der Waals surface area contributed by atoms with Gasteiger partial charge in [-0.3, -0.25) is 5.10 Å². The molecular formula is C10H7N5. The maximum atomic E-state index is 4.03. The molecule has 0 bridgehead atoms. The van der Waals surface area contributed by atoms with Gasteiger partial charge in [-0.1, -0.05) is 17.3 Å². The Kier molecular flexibility index (Phi) is 1.68. The van der Waals surface area contributed by atoms with Crippen molar-refractivity contribution in [3.63, 3.8) is 0 Å². The highest BCUT2D eigenvalue weighted by molar-refractivity contribution is 5.90. The van der Waals surface area contributed by atoms with Gasteiger partial charge in [-0.25, -0.2) is 9.97 Å². The minimum absolute atomic E-state index is 0.840. The number of nitrogens with zero attached hydrogens (tertiary/aromatic N) is 4. The molecule has 2 heterocycles. The molecule has 3 aromatic rings. The first-order valence-electron chi connectivity index (χ1n) is 4.50. The van der Waals surface area contributed by atoms with E-state index in [0.29, 0.717) is 0 Å². The average molecular weight is 197 g/mol. The average Bonchev–Trinajstić information content (AvgIpc) is 2.78. The second-order valence-electron chi connectivity index (χ2n) is 3.14. The fourth-order valence-electron chi connectivity index (χ4n) is 1.54. The number of nitrogens with one attached hydrogen (secondary N) is 1. The molecule has 1 N–H and O–H groups in total. The monoisotopic (exact) mass is 197 g/mol. The van der Waals surface area contributed by atoms with Gasteiger partial charge in [0.05, 0.1) is 5.52 Å². The zero-order chi connectivity index (χ0) is 10.1. The molecule has 3 rings (SSSR count). The van der Waals surface area contributed by atoms with Crippen molar-refractivity contribution in [1.82, 2.24) is 25.4 Å². The van der Waals surface area contributed by atoms with Gasteiger partial charge in [-0.2, -0.15) is 0 Å². The summed E-state index contributed by atoms with van der Waals surface area (Å²) < 4.78 is 0. The van der Waals surface area contributed by atoms with E-state index < -0.39 is 0 Å². The van der Waals surface area contributed by atoms with Gasteiger partial charge in [0.1, 0.15) is 11.8 Å². The highest BCUT2D eigenvalue weighted by atomic mass is 15.3. The third-order valence-electron chi connectivity index (χ3n) is 2.23. The molecule has 0 aliphatic rings. The van der Waals surface area contributed by atoms with Crippen molar-refractivity contribution in [2.75, 3.05) is 0 Å². The summed E-state index contributed by atoms with van der Waals surface area (Å²) in [6, 6.07) is 5.86. The van der Waals surface area contributed by atoms with Crippen molar-refractivity contribution in [2.24, 2.45) is 0 Å². The Bertz CT molecular complexity index is 587. The number of aromatic nitrogens is 5. The molecule has 0 saturated heterocycles. The van der Waals surface area contributed by atoms with Crippen LogP contribution in [0.4, 0.5) is 0 Å². The van der Waals surface area contributed by atoms with Crippen molar-refractivity contribution in [3.05, 3.63) is 36.9 Å². The lowest BCUT2D eigenvalue weighted by molar-refractivity contribution is 0.959. The quantitative estimate of drug-likeness (QED) is 0.640. The smallest absolute Gasteiger partial charge is 0.120 e. The number of hydrogen-bond acceptors (Lipinski definition) is 4. The highest BCUT2D eigenvalue weighted by Crippen LogP contribution is 2.24. The molecule has 1 aromatic carbocycles. The molecule has 0 unspecified atom stereocenters. The van der Waals surface area contributed by atoms with Crippen molar-refractivity contribution >= 4 is 11.0 Å². The van der Waals surface area contributed by atoms with Gasteiger partial charge < -0.3 is 0 Å². The maximum absolute atomic E-state index is 4.03. The van der Waals surface area contributed by atoms with Gasteiger partial charge >= 0.3 is 0 Å². The molecule has 0 aliphatic carbocycles. The Morgan fingerprint density at radius 3 is 2.80 bits per heavy atom. The summed E-state index contributed by atoms with van der Waals surface area (Å²) in [5.41, 5.74) is 3.68. The molecule has 5 nitrogen and oxygen atoms in total. The second kappa shape index (κ2) is 3.13. The van der Waals surface area contributed by atoms with Crippen LogP contribution in [0.25, 0.3) is 22.2 Å². The van der Waals surface area contributed by atoms with Crippen LogP contribution >= 0.6 is 0 Å². The standard InChI is InChI=1S/C10H7N5/c1-2-8(7-4-11-6-12-5-7)10-9(3-1)13-15-14-10/h1-6H,(H,13,14,15). The Morgan fingerprint density at radius 1 is 1.07 bits per heavy atom. The number of rotatable bonds is 1. The lowest BCUT2D eigenvalue weighted by atomic mass is 10.1. The van der Waals surface area contributed by atoms with Gasteiger partial charge in [0.15, 0.2) is 0 Å². The summed E-state index contributed by atoms with van der Waals surface area (Å²) in [7, 11) is 0. The third-order valence-corrected chi connectivity index (χ3v) is 2.23. The zero-order valence-corrected chi connectivity index (χ0v) is 7.75. The van der Waals surface area contributed by atoms with Gasteiger partial charge in [0.2, 0.25) is 0 Å². The van der Waals surface area contributed by atoms with E-state index in [9.17, 15) is 0 Å². The van der Waals surface area contributed by atoms with E-state index in [1.54, 1.807) is 12.4 Å². The molecular weight excluding hydrogens is 190 g/mol. The van der Waals surface area contributed by atoms with Gasteiger partial charge in [-0.15, -0.1) is 5.10 Å². The van der Waals surface area contributed by atoms with E-state index in [4.69, 9.17) is 0 Å². The molecule has 0 atom stereocenters. The fourth-order valence-corrected chi connectivity index (χ4v) is 1.54. The zero-order valence-electron chi connectivity index (χ0n) is 7.75. The molecule has 0 aliphatic heterocycles. The Hall–Kier alpha value is -2.30. The van der Waals surface area contributed by atoms with Gasteiger partial charge in [-0.05, 0) is 6.07 Å². The predicted octanol–water partition coefficient (Wildman–Crippen LogP) is 1.41. The van der Waals surface area contributed by atoms with Crippen LogP contribution in [0.5, 0.6) is 0 Å². The first-order valence-corrected chi connectivity index (χ1v) is 4.50. The highest BCUT2D eigenvalue weighted by Gasteiger charge is 2.06. The summed E-state index contributed by atoms with van der Waals surface area (Å²) in [6.45, 7) is 0. The Labute approximate surface area is 85.2 Å². The maximum Gasteiger partial charge on any atom is 0.120 e. The van der Waals surface area contributed by atoms with Crippen LogP contribution in [-0.4, -0.2) is 25.4 Å². The summed E-state index contributed by atoms with van der Waals surface area (Å²) in [5, 5.41) is 10.6. The van der Waals surface area contributed by atoms with Crippen molar-refractivity contribution in [1.29, 1.82) is 0 Å². The number of aromatic amines is 1. The summed E-state index contributed by atoms with van der Waals surface area (Å²) in [6.07, 6.45) is 5.03. The van der Waals surface area contributed by atoms with E-state index in [-0.39, 0.29) is 0 Å². The van der Waals surface area contributed by atoms with Gasteiger partial charge in [0, 0.05) is 23.5 Å². The van der Waals surface area contributed by atoms with Crippen molar-refractivity contribution < 1.29 is 0 Å². The minimum atomic E-state index is 0.840. The molecule has 0 fully saturated rings. The molecule has 0 radical (unpaired) electrons. The van der Waals surface area contributed by atoms with Crippen LogP contribution < -0.4 is 0 Å². The fraction of sp³-hybridized carbons (Fsp3) is 0. The molecule has 0 spiro atoms. The second-order valence-corrected chi connectivity index (χ2v) is 3.14. The van der Waals surface area contributed by atoms with Crippen molar-refractivity contribution in [2.45, 2.75) is 0 Å². The molecule has 0 saturated carbocycles. The van der Waals surface area contributed by atoms with E-state index in [1.807, 2.05) is 18.2 Å². The van der Waals surface area contributed by atoms with Crippen LogP contribution in [0.15, 0.2) is 36.9 Å². The molecule has 5 heteroatoms. The lowest BCUT2D eigenvalue weighted by Gasteiger charge is -1.99. The van der Waals surface area contributed by atoms with Crippen LogP contribution in [0, 0.1) is 0 Å². The topological polar surface area (TPSA) is 67.3 Å². The summed E-state index contributed by atoms with van der Waals surface area (Å²) in [4.78, 5) is 7.97. The number of H-pyrrole nitrogens is 1. The van der Waals surface area contributed by atoms with Crippen LogP contribution in [0.1, 0.15) is 0 Å². The molecule has 72 valence electrons. The number of fused-ring (bicyclic) bond motifs is 1. The van der Waals surface area contributed by atoms with E-state index >= 15 is 0 Å². The Morgan fingerprint density at radius 2 is 1.93 bits per heavy atom. The molecule has 2 aromatic heterocycles. The number of hydrogen-bond donors (Lipinski definition) is 1. The summed E-state index contributed by atoms with van der Waals surface area (Å²) >= 11 is 0. The molecule has 0 amide bonds. The Balaban J connectivity index is 2.31. The van der Waals surface area contributed by atoms with E-state index in [0.717, 1.165) is 22.2 Å². The summed E-state index contributed by atoms with van der Waals surface area (Å²) in [5.74, 6) is 0. The van der Waals surface area contributed by atoms with E-state index in [2.05, 4.69) is 25.4 Å². The van der Waals surface area contributed by atoms with Crippen LogP contribution in [-0.2, 0) is 0 Å². The predicted molar refractivity (Wildman–Crippen MR) is 54.9 cm³/mol. The van der Waals surface area contributed by atoms with Gasteiger partial charge in [0.25, 0.3) is 0 Å². The third kappa shape index (κ3) is 1.25. The first-order chi connectivity index (χ1) is 7.45. The molecule has 15 heavy (non-hydrogen) atoms. The van der Waals surface area contributed by atoms with Crippen LogP contribution in [0.3, 0.4) is 0 Å². The first kappa shape index (κ1) is 8.05. The largest absolute Gasteiger partial charge is 0.258 e. The normalized spacial score (nSPS) is 10.7. The number of benzene rings is 1. The SMILES string of the molecule is c1cc(-c2cncnc2)c2nn[nH]c2c1. The lowest BCUT2D eigenvalue weighted by Crippen LogP contribution is -1.83. The minimum Gasteiger partial charge on any atom is -0.258 e. The van der Waals surface area contributed by atoms with Crippen molar-refractivity contribution in [3.8, 4) is 11.1 Å².